The molecule has 0 spiro atoms. The van der Waals surface area contributed by atoms with E-state index in [4.69, 9.17) is 16.0 Å². The second-order valence-electron chi connectivity index (χ2n) is 4.99. The van der Waals surface area contributed by atoms with Crippen LogP contribution in [0.1, 0.15) is 11.3 Å². The minimum Gasteiger partial charge on any atom is -0.444 e. The minimum atomic E-state index is -0.293. The molecule has 0 unspecified atom stereocenters. The Bertz CT molecular complexity index is 737. The van der Waals surface area contributed by atoms with Gasteiger partial charge in [-0.05, 0) is 30.6 Å². The van der Waals surface area contributed by atoms with Crippen molar-refractivity contribution >= 4 is 22.9 Å². The molecule has 0 atom stereocenters. The topological polar surface area (TPSA) is 29.3 Å². The van der Waals surface area contributed by atoms with Crippen LogP contribution in [0.4, 0.5) is 4.39 Å². The summed E-state index contributed by atoms with van der Waals surface area (Å²) in [6.45, 7) is 0.965. The number of hydrogen-bond donors (Lipinski definition) is 0. The summed E-state index contributed by atoms with van der Waals surface area (Å²) in [6, 6.07) is 8.63. The predicted molar refractivity (Wildman–Crippen MR) is 86.4 cm³/mol. The number of aromatic nitrogens is 1. The van der Waals surface area contributed by atoms with Gasteiger partial charge in [0.1, 0.15) is 12.1 Å². The molecule has 2 heterocycles. The quantitative estimate of drug-likeness (QED) is 0.668. The molecule has 6 heteroatoms. The standard InChI is InChI=1S/C16H14ClFN2OS/c1-20(9-12-13(17)4-2-5-14(12)18)8-11-10-21-16(19-11)15-6-3-7-22-15/h2-7,10H,8-9H2,1H3. The van der Waals surface area contributed by atoms with Gasteiger partial charge in [-0.3, -0.25) is 4.90 Å². The van der Waals surface area contributed by atoms with Gasteiger partial charge in [0, 0.05) is 23.7 Å². The molecule has 22 heavy (non-hydrogen) atoms. The highest BCUT2D eigenvalue weighted by molar-refractivity contribution is 7.13. The zero-order valence-corrected chi connectivity index (χ0v) is 13.5. The first kappa shape index (κ1) is 15.2. The third-order valence-corrected chi connectivity index (χ3v) is 4.42. The molecule has 3 nitrogen and oxygen atoms in total. The lowest BCUT2D eigenvalue weighted by Gasteiger charge is -2.16. The van der Waals surface area contributed by atoms with E-state index >= 15 is 0 Å². The number of thiophene rings is 1. The van der Waals surface area contributed by atoms with Crippen molar-refractivity contribution in [3.05, 3.63) is 64.1 Å². The summed E-state index contributed by atoms with van der Waals surface area (Å²) in [6.07, 6.45) is 1.63. The number of halogens is 2. The summed E-state index contributed by atoms with van der Waals surface area (Å²) in [7, 11) is 1.89. The summed E-state index contributed by atoms with van der Waals surface area (Å²) in [4.78, 5) is 7.39. The van der Waals surface area contributed by atoms with Gasteiger partial charge in [-0.2, -0.15) is 0 Å². The van der Waals surface area contributed by atoms with Gasteiger partial charge in [0.25, 0.3) is 0 Å². The van der Waals surface area contributed by atoms with Crippen LogP contribution in [0.3, 0.4) is 0 Å². The van der Waals surface area contributed by atoms with E-state index in [-0.39, 0.29) is 5.82 Å². The van der Waals surface area contributed by atoms with Crippen molar-refractivity contribution in [3.8, 4) is 10.8 Å². The Hall–Kier alpha value is -1.69. The fraction of sp³-hybridized carbons (Fsp3) is 0.188. The summed E-state index contributed by atoms with van der Waals surface area (Å²) in [5.41, 5.74) is 1.30. The first-order chi connectivity index (χ1) is 10.6. The Morgan fingerprint density at radius 1 is 1.27 bits per heavy atom. The normalized spacial score (nSPS) is 11.3. The van der Waals surface area contributed by atoms with Crippen LogP contribution in [-0.4, -0.2) is 16.9 Å². The molecule has 0 aliphatic carbocycles. The molecule has 0 aliphatic heterocycles. The lowest BCUT2D eigenvalue weighted by atomic mass is 10.2. The molecular formula is C16H14ClFN2OS. The maximum Gasteiger partial charge on any atom is 0.236 e. The van der Waals surface area contributed by atoms with Gasteiger partial charge in [0.05, 0.1) is 10.6 Å². The van der Waals surface area contributed by atoms with Gasteiger partial charge in [0.2, 0.25) is 5.89 Å². The Balaban J connectivity index is 1.68. The number of benzene rings is 1. The van der Waals surface area contributed by atoms with Crippen LogP contribution < -0.4 is 0 Å². The fourth-order valence-corrected chi connectivity index (χ4v) is 3.06. The van der Waals surface area contributed by atoms with Crippen molar-refractivity contribution in [1.82, 2.24) is 9.88 Å². The number of nitrogens with zero attached hydrogens (tertiary/aromatic N) is 2. The largest absolute Gasteiger partial charge is 0.444 e. The zero-order valence-electron chi connectivity index (χ0n) is 11.9. The molecule has 0 saturated heterocycles. The highest BCUT2D eigenvalue weighted by Gasteiger charge is 2.13. The second kappa shape index (κ2) is 6.60. The van der Waals surface area contributed by atoms with Crippen LogP contribution in [-0.2, 0) is 13.1 Å². The van der Waals surface area contributed by atoms with Crippen molar-refractivity contribution in [2.45, 2.75) is 13.1 Å². The first-order valence-electron chi connectivity index (χ1n) is 6.73. The molecule has 0 amide bonds. The van der Waals surface area contributed by atoms with Crippen molar-refractivity contribution in [2.24, 2.45) is 0 Å². The molecule has 3 aromatic rings. The molecule has 0 saturated carbocycles. The molecule has 3 rings (SSSR count). The SMILES string of the molecule is CN(Cc1coc(-c2cccs2)n1)Cc1c(F)cccc1Cl. The highest BCUT2D eigenvalue weighted by atomic mass is 35.5. The fourth-order valence-electron chi connectivity index (χ4n) is 2.18. The molecule has 0 N–H and O–H groups in total. The van der Waals surface area contributed by atoms with Gasteiger partial charge in [-0.25, -0.2) is 9.37 Å². The molecular weight excluding hydrogens is 323 g/mol. The van der Waals surface area contributed by atoms with E-state index in [1.165, 1.54) is 6.07 Å². The van der Waals surface area contributed by atoms with Crippen molar-refractivity contribution in [3.63, 3.8) is 0 Å². The summed E-state index contributed by atoms with van der Waals surface area (Å²) in [5.74, 6) is 0.320. The van der Waals surface area contributed by atoms with Gasteiger partial charge < -0.3 is 4.42 Å². The van der Waals surface area contributed by atoms with Crippen LogP contribution >= 0.6 is 22.9 Å². The first-order valence-corrected chi connectivity index (χ1v) is 7.99. The van der Waals surface area contributed by atoms with E-state index in [1.54, 1.807) is 29.7 Å². The van der Waals surface area contributed by atoms with Gasteiger partial charge >= 0.3 is 0 Å². The predicted octanol–water partition coefficient (Wildman–Crippen LogP) is 4.83. The molecule has 0 fully saturated rings. The summed E-state index contributed by atoms with van der Waals surface area (Å²) < 4.78 is 19.3. The van der Waals surface area contributed by atoms with E-state index < -0.39 is 0 Å². The number of hydrogen-bond acceptors (Lipinski definition) is 4. The van der Waals surface area contributed by atoms with Crippen LogP contribution in [0.15, 0.2) is 46.4 Å². The smallest absolute Gasteiger partial charge is 0.236 e. The molecule has 1 aromatic carbocycles. The van der Waals surface area contributed by atoms with E-state index in [2.05, 4.69) is 4.98 Å². The van der Waals surface area contributed by atoms with Crippen molar-refractivity contribution < 1.29 is 8.81 Å². The number of rotatable bonds is 5. The number of oxazole rings is 1. The Kier molecular flexibility index (Phi) is 4.57. The zero-order chi connectivity index (χ0) is 15.5. The Labute approximate surface area is 137 Å². The Morgan fingerprint density at radius 2 is 2.14 bits per heavy atom. The maximum atomic E-state index is 13.8. The van der Waals surface area contributed by atoms with E-state index in [1.807, 2.05) is 29.5 Å². The van der Waals surface area contributed by atoms with Crippen LogP contribution in [0.5, 0.6) is 0 Å². The summed E-state index contributed by atoms with van der Waals surface area (Å²) >= 11 is 7.63. The third kappa shape index (κ3) is 3.38. The summed E-state index contributed by atoms with van der Waals surface area (Å²) in [5, 5.41) is 2.41. The Morgan fingerprint density at radius 3 is 2.86 bits per heavy atom. The van der Waals surface area contributed by atoms with Gasteiger partial charge in [0.15, 0.2) is 0 Å². The molecule has 0 radical (unpaired) electrons. The third-order valence-electron chi connectivity index (χ3n) is 3.21. The monoisotopic (exact) mass is 336 g/mol. The van der Waals surface area contributed by atoms with Crippen LogP contribution in [0, 0.1) is 5.82 Å². The van der Waals surface area contributed by atoms with Crippen molar-refractivity contribution in [1.29, 1.82) is 0 Å². The van der Waals surface area contributed by atoms with Gasteiger partial charge in [-0.15, -0.1) is 11.3 Å². The van der Waals surface area contributed by atoms with Crippen molar-refractivity contribution in [2.75, 3.05) is 7.05 Å². The average Bonchev–Trinajstić information content (AvgIpc) is 3.13. The molecule has 114 valence electrons. The molecule has 0 aliphatic rings. The molecule has 0 bridgehead atoms. The van der Waals surface area contributed by atoms with Crippen LogP contribution in [0.2, 0.25) is 5.02 Å². The maximum absolute atomic E-state index is 13.8. The van der Waals surface area contributed by atoms with E-state index in [0.29, 0.717) is 29.6 Å². The molecule has 2 aromatic heterocycles. The average molecular weight is 337 g/mol. The minimum absolute atomic E-state index is 0.293. The second-order valence-corrected chi connectivity index (χ2v) is 6.35. The highest BCUT2D eigenvalue weighted by Crippen LogP contribution is 2.25. The van der Waals surface area contributed by atoms with E-state index in [9.17, 15) is 4.39 Å². The van der Waals surface area contributed by atoms with E-state index in [0.717, 1.165) is 10.6 Å². The van der Waals surface area contributed by atoms with Gasteiger partial charge in [-0.1, -0.05) is 23.7 Å². The van der Waals surface area contributed by atoms with Crippen LogP contribution in [0.25, 0.3) is 10.8 Å². The lowest BCUT2D eigenvalue weighted by molar-refractivity contribution is 0.309. The lowest BCUT2D eigenvalue weighted by Crippen LogP contribution is -2.18.